The molecule has 0 bridgehead atoms. The number of rotatable bonds is 6. The predicted molar refractivity (Wildman–Crippen MR) is 71.5 cm³/mol. The van der Waals surface area contributed by atoms with Gasteiger partial charge in [0.2, 0.25) is 15.9 Å². The molecule has 7 nitrogen and oxygen atoms in total. The summed E-state index contributed by atoms with van der Waals surface area (Å²) in [7, 11) is -3.94. The van der Waals surface area contributed by atoms with Gasteiger partial charge in [0, 0.05) is 0 Å². The van der Waals surface area contributed by atoms with Crippen LogP contribution in [0.2, 0.25) is 0 Å². The molecule has 0 saturated carbocycles. The number of sulfonamides is 1. The molecular formula is C12H16N2O5S. The number of nitrogens with two attached hydrogens (primary N) is 1. The molecule has 1 rings (SSSR count). The first-order chi connectivity index (χ1) is 9.15. The zero-order valence-corrected chi connectivity index (χ0v) is 11.8. The molecular weight excluding hydrogens is 284 g/mol. The van der Waals surface area contributed by atoms with E-state index in [1.54, 1.807) is 13.8 Å². The molecule has 110 valence electrons. The molecule has 1 atom stereocenters. The number of carbonyl (C=O) groups is 2. The predicted octanol–water partition coefficient (Wildman–Crippen LogP) is 0.173. The molecule has 20 heavy (non-hydrogen) atoms. The van der Waals surface area contributed by atoms with E-state index in [0.717, 1.165) is 12.1 Å². The number of benzene rings is 1. The Balaban J connectivity index is 3.04. The van der Waals surface area contributed by atoms with Crippen molar-refractivity contribution in [2.75, 3.05) is 0 Å². The largest absolute Gasteiger partial charge is 0.478 e. The number of nitrogens with one attached hydrogen (secondary N) is 1. The van der Waals surface area contributed by atoms with Gasteiger partial charge in [0.25, 0.3) is 0 Å². The molecule has 0 spiro atoms. The van der Waals surface area contributed by atoms with E-state index < -0.39 is 27.9 Å². The molecule has 0 saturated heterocycles. The second-order valence-corrected chi connectivity index (χ2v) is 6.29. The summed E-state index contributed by atoms with van der Waals surface area (Å²) in [6.07, 6.45) is 0. The summed E-state index contributed by atoms with van der Waals surface area (Å²) in [4.78, 5) is 21.8. The van der Waals surface area contributed by atoms with Gasteiger partial charge in [-0.3, -0.25) is 4.79 Å². The van der Waals surface area contributed by atoms with Gasteiger partial charge in [-0.25, -0.2) is 13.2 Å². The van der Waals surface area contributed by atoms with Crippen LogP contribution in [0.5, 0.6) is 0 Å². The molecule has 4 N–H and O–H groups in total. The number of hydrogen-bond donors (Lipinski definition) is 3. The molecule has 0 aliphatic rings. The summed E-state index contributed by atoms with van der Waals surface area (Å²) in [6.45, 7) is 3.32. The van der Waals surface area contributed by atoms with Gasteiger partial charge >= 0.3 is 5.97 Å². The van der Waals surface area contributed by atoms with E-state index in [4.69, 9.17) is 10.8 Å². The normalized spacial score (nSPS) is 13.2. The minimum Gasteiger partial charge on any atom is -0.478 e. The van der Waals surface area contributed by atoms with Crippen LogP contribution in [0.1, 0.15) is 24.2 Å². The van der Waals surface area contributed by atoms with Gasteiger partial charge in [-0.05, 0) is 30.2 Å². The number of amides is 1. The maximum absolute atomic E-state index is 12.1. The number of aromatic carboxylic acids is 1. The summed E-state index contributed by atoms with van der Waals surface area (Å²) in [6, 6.07) is 3.63. The molecule has 0 fully saturated rings. The highest BCUT2D eigenvalue weighted by Crippen LogP contribution is 2.13. The van der Waals surface area contributed by atoms with Gasteiger partial charge in [-0.2, -0.15) is 4.72 Å². The van der Waals surface area contributed by atoms with Gasteiger partial charge in [0.15, 0.2) is 0 Å². The van der Waals surface area contributed by atoms with Crippen LogP contribution in [0.15, 0.2) is 29.2 Å². The fourth-order valence-electron chi connectivity index (χ4n) is 1.53. The third kappa shape index (κ3) is 3.78. The fraction of sp³-hybridized carbons (Fsp3) is 0.333. The van der Waals surface area contributed by atoms with Crippen molar-refractivity contribution >= 4 is 21.9 Å². The van der Waals surface area contributed by atoms with Crippen LogP contribution in [0.25, 0.3) is 0 Å². The van der Waals surface area contributed by atoms with Crippen molar-refractivity contribution in [2.45, 2.75) is 24.8 Å². The highest BCUT2D eigenvalue weighted by Gasteiger charge is 2.26. The van der Waals surface area contributed by atoms with Crippen LogP contribution in [0.4, 0.5) is 0 Å². The van der Waals surface area contributed by atoms with Gasteiger partial charge in [-0.15, -0.1) is 0 Å². The van der Waals surface area contributed by atoms with Crippen LogP contribution in [-0.2, 0) is 14.8 Å². The first-order valence-electron chi connectivity index (χ1n) is 5.80. The summed E-state index contributed by atoms with van der Waals surface area (Å²) in [5.74, 6) is -2.23. The number of hydrogen-bond acceptors (Lipinski definition) is 4. The molecule has 8 heteroatoms. The Morgan fingerprint density at radius 3 is 2.05 bits per heavy atom. The van der Waals surface area contributed by atoms with E-state index in [0.29, 0.717) is 0 Å². The van der Waals surface area contributed by atoms with Gasteiger partial charge < -0.3 is 10.8 Å². The summed E-state index contributed by atoms with van der Waals surface area (Å²) >= 11 is 0. The summed E-state index contributed by atoms with van der Waals surface area (Å²) in [5, 5.41) is 8.74. The molecule has 0 heterocycles. The quantitative estimate of drug-likeness (QED) is 0.690. The van der Waals surface area contributed by atoms with E-state index in [-0.39, 0.29) is 16.4 Å². The average molecular weight is 300 g/mol. The Morgan fingerprint density at radius 1 is 1.20 bits per heavy atom. The third-order valence-corrected chi connectivity index (χ3v) is 4.12. The SMILES string of the molecule is CC(C)C(NS(=O)(=O)c1ccc(C(=O)O)cc1)C(N)=O. The minimum atomic E-state index is -3.94. The van der Waals surface area contributed by atoms with Gasteiger partial charge in [0.1, 0.15) is 6.04 Å². The van der Waals surface area contributed by atoms with E-state index >= 15 is 0 Å². The number of carboxylic acid groups (broad SMARTS) is 1. The number of carbonyl (C=O) groups excluding carboxylic acids is 1. The lowest BCUT2D eigenvalue weighted by molar-refractivity contribution is -0.120. The lowest BCUT2D eigenvalue weighted by Gasteiger charge is -2.18. The zero-order valence-electron chi connectivity index (χ0n) is 11.0. The Bertz CT molecular complexity index is 607. The Hall–Kier alpha value is -1.93. The molecule has 0 radical (unpaired) electrons. The van der Waals surface area contributed by atoms with Crippen molar-refractivity contribution in [2.24, 2.45) is 11.7 Å². The minimum absolute atomic E-state index is 0.0285. The molecule has 1 aromatic rings. The summed E-state index contributed by atoms with van der Waals surface area (Å²) < 4.78 is 26.3. The maximum atomic E-state index is 12.1. The van der Waals surface area contributed by atoms with Gasteiger partial charge in [-0.1, -0.05) is 13.8 Å². The van der Waals surface area contributed by atoms with Gasteiger partial charge in [0.05, 0.1) is 10.5 Å². The van der Waals surface area contributed by atoms with Crippen molar-refractivity contribution in [1.29, 1.82) is 0 Å². The second-order valence-electron chi connectivity index (χ2n) is 4.57. The molecule has 1 unspecified atom stereocenters. The maximum Gasteiger partial charge on any atom is 0.335 e. The van der Waals surface area contributed by atoms with Crippen LogP contribution in [-0.4, -0.2) is 31.4 Å². The van der Waals surface area contributed by atoms with Crippen molar-refractivity contribution < 1.29 is 23.1 Å². The number of primary amides is 1. The highest BCUT2D eigenvalue weighted by atomic mass is 32.2. The van der Waals surface area contributed by atoms with Crippen LogP contribution in [0, 0.1) is 5.92 Å². The fourth-order valence-corrected chi connectivity index (χ4v) is 2.89. The third-order valence-electron chi connectivity index (χ3n) is 2.67. The monoisotopic (exact) mass is 300 g/mol. The van der Waals surface area contributed by atoms with Crippen molar-refractivity contribution in [1.82, 2.24) is 4.72 Å². The van der Waals surface area contributed by atoms with E-state index in [2.05, 4.69) is 4.72 Å². The summed E-state index contributed by atoms with van der Waals surface area (Å²) in [5.41, 5.74) is 5.11. The first-order valence-corrected chi connectivity index (χ1v) is 7.28. The molecule has 0 aliphatic heterocycles. The Kier molecular flexibility index (Phi) is 4.85. The Morgan fingerprint density at radius 2 is 1.70 bits per heavy atom. The molecule has 1 aromatic carbocycles. The van der Waals surface area contributed by atoms with Crippen molar-refractivity contribution in [3.63, 3.8) is 0 Å². The van der Waals surface area contributed by atoms with Crippen LogP contribution >= 0.6 is 0 Å². The number of carboxylic acids is 1. The van der Waals surface area contributed by atoms with Crippen LogP contribution < -0.4 is 10.5 Å². The molecule has 0 aromatic heterocycles. The van der Waals surface area contributed by atoms with E-state index in [9.17, 15) is 18.0 Å². The lowest BCUT2D eigenvalue weighted by Crippen LogP contribution is -2.47. The van der Waals surface area contributed by atoms with Crippen molar-refractivity contribution in [3.8, 4) is 0 Å². The smallest absolute Gasteiger partial charge is 0.335 e. The average Bonchev–Trinajstić information content (AvgIpc) is 2.35. The lowest BCUT2D eigenvalue weighted by atomic mass is 10.1. The zero-order chi connectivity index (χ0) is 15.5. The Labute approximate surface area is 116 Å². The second kappa shape index (κ2) is 6.02. The standard InChI is InChI=1S/C12H16N2O5S/c1-7(2)10(11(13)15)14-20(18,19)9-5-3-8(4-6-9)12(16)17/h3-7,10,14H,1-2H3,(H2,13,15)(H,16,17). The molecule has 1 amide bonds. The van der Waals surface area contributed by atoms with Crippen molar-refractivity contribution in [3.05, 3.63) is 29.8 Å². The topological polar surface area (TPSA) is 127 Å². The van der Waals surface area contributed by atoms with E-state index in [1.165, 1.54) is 12.1 Å². The highest BCUT2D eigenvalue weighted by molar-refractivity contribution is 7.89. The first kappa shape index (κ1) is 16.1. The molecule has 0 aliphatic carbocycles. The van der Waals surface area contributed by atoms with E-state index in [1.807, 2.05) is 0 Å². The van der Waals surface area contributed by atoms with Crippen LogP contribution in [0.3, 0.4) is 0 Å².